The van der Waals surface area contributed by atoms with Crippen LogP contribution in [-0.4, -0.2) is 9.78 Å². The van der Waals surface area contributed by atoms with Gasteiger partial charge < -0.3 is 5.73 Å². The zero-order valence-corrected chi connectivity index (χ0v) is 9.32. The van der Waals surface area contributed by atoms with Gasteiger partial charge in [-0.3, -0.25) is 0 Å². The monoisotopic (exact) mass is 251 g/mol. The van der Waals surface area contributed by atoms with E-state index in [2.05, 4.69) is 21.0 Å². The number of hydrogen-bond acceptors (Lipinski definition) is 2. The Balaban J connectivity index is 2.60. The maximum absolute atomic E-state index is 5.78. The first-order valence-corrected chi connectivity index (χ1v) is 5.03. The van der Waals surface area contributed by atoms with Crippen molar-refractivity contribution in [2.75, 3.05) is 5.73 Å². The van der Waals surface area contributed by atoms with E-state index in [0.29, 0.717) is 0 Å². The van der Waals surface area contributed by atoms with E-state index in [4.69, 9.17) is 5.73 Å². The van der Waals surface area contributed by atoms with E-state index >= 15 is 0 Å². The van der Waals surface area contributed by atoms with Crippen LogP contribution in [0.3, 0.4) is 0 Å². The molecule has 72 valence electrons. The standard InChI is InChI=1S/C10H10BrN3/c1-7-5-10(8(11)6-9(7)12)14-4-2-3-13-14/h2-6H,12H2,1H3. The average Bonchev–Trinajstić information content (AvgIpc) is 2.64. The molecular weight excluding hydrogens is 242 g/mol. The predicted molar refractivity (Wildman–Crippen MR) is 60.4 cm³/mol. The van der Waals surface area contributed by atoms with Crippen molar-refractivity contribution in [1.29, 1.82) is 0 Å². The van der Waals surface area contributed by atoms with Crippen molar-refractivity contribution in [2.24, 2.45) is 0 Å². The molecule has 1 aromatic heterocycles. The van der Waals surface area contributed by atoms with Gasteiger partial charge >= 0.3 is 0 Å². The van der Waals surface area contributed by atoms with E-state index in [1.807, 2.05) is 31.3 Å². The van der Waals surface area contributed by atoms with E-state index in [-0.39, 0.29) is 0 Å². The molecule has 0 aliphatic carbocycles. The van der Waals surface area contributed by atoms with Crippen molar-refractivity contribution in [3.05, 3.63) is 40.6 Å². The zero-order chi connectivity index (χ0) is 10.1. The Labute approximate surface area is 90.7 Å². The summed E-state index contributed by atoms with van der Waals surface area (Å²) in [6.07, 6.45) is 3.65. The van der Waals surface area contributed by atoms with Gasteiger partial charge in [-0.1, -0.05) is 0 Å². The minimum atomic E-state index is 0.785. The van der Waals surface area contributed by atoms with Gasteiger partial charge in [0, 0.05) is 22.6 Å². The second-order valence-electron chi connectivity index (χ2n) is 3.11. The molecule has 1 heterocycles. The molecule has 0 aliphatic heterocycles. The third kappa shape index (κ3) is 1.53. The molecule has 0 amide bonds. The predicted octanol–water partition coefficient (Wildman–Crippen LogP) is 2.53. The fraction of sp³-hybridized carbons (Fsp3) is 0.100. The van der Waals surface area contributed by atoms with Gasteiger partial charge in [-0.25, -0.2) is 4.68 Å². The van der Waals surface area contributed by atoms with Crippen molar-refractivity contribution >= 4 is 21.6 Å². The molecule has 0 unspecified atom stereocenters. The van der Waals surface area contributed by atoms with Gasteiger partial charge in [-0.15, -0.1) is 0 Å². The molecule has 3 nitrogen and oxygen atoms in total. The largest absolute Gasteiger partial charge is 0.398 e. The van der Waals surface area contributed by atoms with Gasteiger partial charge in [0.1, 0.15) is 0 Å². The molecule has 2 aromatic rings. The quantitative estimate of drug-likeness (QED) is 0.792. The molecule has 1 aromatic carbocycles. The van der Waals surface area contributed by atoms with Gasteiger partial charge in [0.2, 0.25) is 0 Å². The molecule has 0 aliphatic rings. The molecule has 2 N–H and O–H groups in total. The second-order valence-corrected chi connectivity index (χ2v) is 3.97. The first-order valence-electron chi connectivity index (χ1n) is 4.24. The number of hydrogen-bond donors (Lipinski definition) is 1. The van der Waals surface area contributed by atoms with Crippen LogP contribution in [-0.2, 0) is 0 Å². The summed E-state index contributed by atoms with van der Waals surface area (Å²) in [4.78, 5) is 0. The minimum absolute atomic E-state index is 0.785. The molecule has 14 heavy (non-hydrogen) atoms. The molecule has 2 rings (SSSR count). The third-order valence-electron chi connectivity index (χ3n) is 2.09. The molecule has 0 bridgehead atoms. The Morgan fingerprint density at radius 2 is 2.21 bits per heavy atom. The van der Waals surface area contributed by atoms with E-state index in [1.165, 1.54) is 0 Å². The number of nitrogens with two attached hydrogens (primary N) is 1. The van der Waals surface area contributed by atoms with Crippen molar-refractivity contribution in [2.45, 2.75) is 6.92 Å². The molecule has 0 atom stereocenters. The normalized spacial score (nSPS) is 10.4. The highest BCUT2D eigenvalue weighted by atomic mass is 79.9. The Bertz CT molecular complexity index is 449. The van der Waals surface area contributed by atoms with Gasteiger partial charge in [-0.2, -0.15) is 5.10 Å². The SMILES string of the molecule is Cc1cc(-n2cccn2)c(Br)cc1N. The Hall–Kier alpha value is -1.29. The second kappa shape index (κ2) is 3.46. The number of rotatable bonds is 1. The molecule has 0 fully saturated rings. The van der Waals surface area contributed by atoms with Crippen LogP contribution in [0.2, 0.25) is 0 Å². The molecule has 0 saturated carbocycles. The lowest BCUT2D eigenvalue weighted by Crippen LogP contribution is -1.98. The lowest BCUT2D eigenvalue weighted by atomic mass is 10.2. The van der Waals surface area contributed by atoms with Gasteiger partial charge in [0.05, 0.1) is 5.69 Å². The third-order valence-corrected chi connectivity index (χ3v) is 2.72. The molecule has 0 saturated heterocycles. The van der Waals surface area contributed by atoms with Gasteiger partial charge in [-0.05, 0) is 46.6 Å². The highest BCUT2D eigenvalue weighted by Crippen LogP contribution is 2.25. The van der Waals surface area contributed by atoms with Crippen molar-refractivity contribution < 1.29 is 0 Å². The summed E-state index contributed by atoms with van der Waals surface area (Å²) < 4.78 is 2.75. The molecule has 0 spiro atoms. The van der Waals surface area contributed by atoms with Crippen molar-refractivity contribution in [3.63, 3.8) is 0 Å². The summed E-state index contributed by atoms with van der Waals surface area (Å²) in [7, 11) is 0. The smallest absolute Gasteiger partial charge is 0.0791 e. The number of nitrogen functional groups attached to an aromatic ring is 1. The zero-order valence-electron chi connectivity index (χ0n) is 7.74. The summed E-state index contributed by atoms with van der Waals surface area (Å²) in [5.41, 5.74) is 8.62. The topological polar surface area (TPSA) is 43.8 Å². The number of aryl methyl sites for hydroxylation is 1. The average molecular weight is 252 g/mol. The van der Waals surface area contributed by atoms with Crippen molar-refractivity contribution in [1.82, 2.24) is 9.78 Å². The summed E-state index contributed by atoms with van der Waals surface area (Å²) in [6, 6.07) is 5.79. The number of halogens is 1. The number of aromatic nitrogens is 2. The summed E-state index contributed by atoms with van der Waals surface area (Å²) in [5.74, 6) is 0. The highest BCUT2D eigenvalue weighted by Gasteiger charge is 2.05. The molecule has 4 heteroatoms. The van der Waals surface area contributed by atoms with Crippen LogP contribution in [0.5, 0.6) is 0 Å². The van der Waals surface area contributed by atoms with E-state index in [0.717, 1.165) is 21.4 Å². The Kier molecular flexibility index (Phi) is 2.29. The fourth-order valence-corrected chi connectivity index (χ4v) is 1.81. The van der Waals surface area contributed by atoms with Crippen LogP contribution in [0.15, 0.2) is 35.1 Å². The highest BCUT2D eigenvalue weighted by molar-refractivity contribution is 9.10. The lowest BCUT2D eigenvalue weighted by molar-refractivity contribution is 0.875. The summed E-state index contributed by atoms with van der Waals surface area (Å²) in [6.45, 7) is 1.98. The lowest BCUT2D eigenvalue weighted by Gasteiger charge is -2.07. The van der Waals surface area contributed by atoms with E-state index < -0.39 is 0 Å². The van der Waals surface area contributed by atoms with Crippen LogP contribution >= 0.6 is 15.9 Å². The maximum Gasteiger partial charge on any atom is 0.0791 e. The van der Waals surface area contributed by atoms with Crippen LogP contribution < -0.4 is 5.73 Å². The number of benzene rings is 1. The summed E-state index contributed by atoms with van der Waals surface area (Å²) >= 11 is 3.46. The van der Waals surface area contributed by atoms with Gasteiger partial charge in [0.15, 0.2) is 0 Å². The summed E-state index contributed by atoms with van der Waals surface area (Å²) in [5, 5.41) is 4.16. The first kappa shape index (κ1) is 9.27. The van der Waals surface area contributed by atoms with Crippen LogP contribution in [0.25, 0.3) is 5.69 Å². The molecule has 0 radical (unpaired) electrons. The van der Waals surface area contributed by atoms with Crippen molar-refractivity contribution in [3.8, 4) is 5.69 Å². The fourth-order valence-electron chi connectivity index (χ4n) is 1.27. The van der Waals surface area contributed by atoms with Crippen LogP contribution in [0, 0.1) is 6.92 Å². The van der Waals surface area contributed by atoms with E-state index in [9.17, 15) is 0 Å². The Morgan fingerprint density at radius 3 is 2.86 bits per heavy atom. The number of anilines is 1. The van der Waals surface area contributed by atoms with Crippen LogP contribution in [0.4, 0.5) is 5.69 Å². The van der Waals surface area contributed by atoms with Crippen LogP contribution in [0.1, 0.15) is 5.56 Å². The molecular formula is C10H10BrN3. The minimum Gasteiger partial charge on any atom is -0.398 e. The number of nitrogens with zero attached hydrogens (tertiary/aromatic N) is 2. The van der Waals surface area contributed by atoms with E-state index in [1.54, 1.807) is 10.9 Å². The first-order chi connectivity index (χ1) is 6.68. The maximum atomic E-state index is 5.78. The Morgan fingerprint density at radius 1 is 1.43 bits per heavy atom. The van der Waals surface area contributed by atoms with Gasteiger partial charge in [0.25, 0.3) is 0 Å².